The van der Waals surface area contributed by atoms with Gasteiger partial charge in [-0.15, -0.1) is 0 Å². The molecule has 0 aromatic heterocycles. The van der Waals surface area contributed by atoms with Crippen molar-refractivity contribution in [1.82, 2.24) is 0 Å². The van der Waals surface area contributed by atoms with E-state index < -0.39 is 47.5 Å². The van der Waals surface area contributed by atoms with Gasteiger partial charge in [-0.25, -0.2) is 9.59 Å². The quantitative estimate of drug-likeness (QED) is 0.0911. The van der Waals surface area contributed by atoms with Crippen LogP contribution in [0.5, 0.6) is 0 Å². The van der Waals surface area contributed by atoms with Gasteiger partial charge in [-0.2, -0.15) is 0 Å². The smallest absolute Gasteiger partial charge is 0.330 e. The van der Waals surface area contributed by atoms with Gasteiger partial charge in [-0.05, 0) is 57.4 Å². The van der Waals surface area contributed by atoms with Crippen LogP contribution in [0, 0.1) is 11.8 Å². The summed E-state index contributed by atoms with van der Waals surface area (Å²) in [6, 6.07) is 0. The Bertz CT molecular complexity index is 1260. The summed E-state index contributed by atoms with van der Waals surface area (Å²) in [6.07, 6.45) is 15.6. The molecule has 2 rings (SSSR count). The lowest BCUT2D eigenvalue weighted by atomic mass is 9.78. The van der Waals surface area contributed by atoms with Crippen LogP contribution in [0.3, 0.4) is 0 Å². The molecule has 0 bridgehead atoms. The van der Waals surface area contributed by atoms with Crippen LogP contribution in [0.1, 0.15) is 98.8 Å². The van der Waals surface area contributed by atoms with E-state index in [9.17, 15) is 29.4 Å². The summed E-state index contributed by atoms with van der Waals surface area (Å²) in [7, 11) is 1.30. The molecule has 2 saturated heterocycles. The molecule has 0 aromatic carbocycles. The number of allylic oxidation sites excluding steroid dienone is 4. The Hall–Kier alpha value is -3.54. The fraction of sp³-hybridized carbons (Fsp3) is 0.622. The first-order chi connectivity index (χ1) is 22.6. The average molecular weight is 675 g/mol. The number of aliphatic carboxylic acids is 2. The van der Waals surface area contributed by atoms with E-state index in [1.807, 2.05) is 19.9 Å². The van der Waals surface area contributed by atoms with E-state index in [1.165, 1.54) is 13.2 Å². The van der Waals surface area contributed by atoms with Crippen molar-refractivity contribution in [2.75, 3.05) is 7.11 Å². The second kappa shape index (κ2) is 19.5. The van der Waals surface area contributed by atoms with Gasteiger partial charge in [0.15, 0.2) is 5.79 Å². The number of aliphatic hydroxyl groups is 1. The maximum absolute atomic E-state index is 12.9. The number of methoxy groups -OCH3 is 1. The van der Waals surface area contributed by atoms with Gasteiger partial charge in [-0.3, -0.25) is 9.59 Å². The monoisotopic (exact) mass is 674 g/mol. The predicted octanol–water partition coefficient (Wildman–Crippen LogP) is 6.22. The molecule has 1 spiro atoms. The summed E-state index contributed by atoms with van der Waals surface area (Å²) < 4.78 is 24.2. The van der Waals surface area contributed by atoms with Crippen molar-refractivity contribution in [1.29, 1.82) is 0 Å². The average Bonchev–Trinajstić information content (AvgIpc) is 3.04. The number of carbonyl (C=O) groups excluding carboxylic acids is 2. The first-order valence-corrected chi connectivity index (χ1v) is 16.8. The Kier molecular flexibility index (Phi) is 16.5. The molecule has 0 amide bonds. The van der Waals surface area contributed by atoms with Gasteiger partial charge in [0.25, 0.3) is 0 Å². The van der Waals surface area contributed by atoms with E-state index in [-0.39, 0.29) is 30.8 Å². The molecule has 11 heteroatoms. The minimum Gasteiger partial charge on any atom is -0.481 e. The van der Waals surface area contributed by atoms with Gasteiger partial charge < -0.3 is 34.3 Å². The molecular formula is C37H54O11. The molecule has 0 aromatic rings. The SMILES string of the molecule is CCCC[C@@]1(OC(=O)CCC(=O)O)CC[C@]2(CC[C@H](C)[C@@H](C/C=C(C)/C=C/[C@H](O)[C@@H](C)/C=C/C(=O)OC)O2)O[C@H]1/C=C/C(C)=C/C(=O)O. The van der Waals surface area contributed by atoms with E-state index in [4.69, 9.17) is 19.3 Å². The maximum Gasteiger partial charge on any atom is 0.330 e. The van der Waals surface area contributed by atoms with Crippen LogP contribution in [-0.2, 0) is 38.1 Å². The normalized spacial score (nSPS) is 28.2. The van der Waals surface area contributed by atoms with Gasteiger partial charge in [-0.1, -0.05) is 69.2 Å². The number of rotatable bonds is 17. The third-order valence-corrected chi connectivity index (χ3v) is 8.97. The molecule has 2 aliphatic rings. The van der Waals surface area contributed by atoms with Crippen LogP contribution in [0.25, 0.3) is 0 Å². The first kappa shape index (κ1) is 40.6. The molecule has 7 atom stereocenters. The summed E-state index contributed by atoms with van der Waals surface area (Å²) in [5.74, 6) is -4.27. The number of carboxylic acid groups (broad SMARTS) is 2. The molecule has 11 nitrogen and oxygen atoms in total. The zero-order valence-electron chi connectivity index (χ0n) is 29.2. The Morgan fingerprint density at radius 1 is 0.979 bits per heavy atom. The standard InChI is InChI=1S/C37H54O11/c1-7-8-20-36(48-35(44)18-16-32(39)40)22-23-37(47-31(36)15-11-26(3)24-33(41)42)21-19-28(5)30(46-37)14-10-25(2)9-13-29(38)27(4)12-17-34(43)45-6/h9-13,15,17,24,27-31,38H,7-8,14,16,18-23H2,1-6H3,(H,39,40)(H,41,42)/b13-9+,15-11+,17-12+,25-10+,26-24+/t27-,28-,29-,30+,31-,36+,37-/m0/s1. The van der Waals surface area contributed by atoms with Crippen molar-refractivity contribution in [2.24, 2.45) is 11.8 Å². The van der Waals surface area contributed by atoms with Crippen molar-refractivity contribution in [2.45, 2.75) is 129 Å². The molecule has 0 radical (unpaired) electrons. The highest BCUT2D eigenvalue weighted by molar-refractivity contribution is 5.82. The highest BCUT2D eigenvalue weighted by Crippen LogP contribution is 2.48. The fourth-order valence-corrected chi connectivity index (χ4v) is 5.87. The molecule has 0 saturated carbocycles. The molecule has 48 heavy (non-hydrogen) atoms. The lowest BCUT2D eigenvalue weighted by molar-refractivity contribution is -0.344. The summed E-state index contributed by atoms with van der Waals surface area (Å²) >= 11 is 0. The topological polar surface area (TPSA) is 166 Å². The zero-order chi connectivity index (χ0) is 35.9. The molecule has 2 aliphatic heterocycles. The molecule has 2 fully saturated rings. The third kappa shape index (κ3) is 13.2. The van der Waals surface area contributed by atoms with Gasteiger partial charge >= 0.3 is 23.9 Å². The van der Waals surface area contributed by atoms with Gasteiger partial charge in [0.05, 0.1) is 32.2 Å². The summed E-state index contributed by atoms with van der Waals surface area (Å²) in [6.45, 7) is 9.56. The summed E-state index contributed by atoms with van der Waals surface area (Å²) in [5, 5.41) is 28.8. The van der Waals surface area contributed by atoms with E-state index in [0.717, 1.165) is 30.9 Å². The van der Waals surface area contributed by atoms with Crippen LogP contribution >= 0.6 is 0 Å². The Labute approximate surface area is 284 Å². The van der Waals surface area contributed by atoms with Crippen molar-refractivity contribution < 1.29 is 53.4 Å². The first-order valence-electron chi connectivity index (χ1n) is 16.8. The van der Waals surface area contributed by atoms with Crippen molar-refractivity contribution in [3.63, 3.8) is 0 Å². The lowest BCUT2D eigenvalue weighted by Gasteiger charge is -2.53. The number of ether oxygens (including phenoxy) is 4. The van der Waals surface area contributed by atoms with Crippen LogP contribution in [0.2, 0.25) is 0 Å². The summed E-state index contributed by atoms with van der Waals surface area (Å²) in [5.41, 5.74) is 0.354. The second-order valence-corrected chi connectivity index (χ2v) is 13.0. The number of aliphatic hydroxyl groups excluding tert-OH is 1. The number of esters is 2. The van der Waals surface area contributed by atoms with Crippen LogP contribution in [0.4, 0.5) is 0 Å². The summed E-state index contributed by atoms with van der Waals surface area (Å²) in [4.78, 5) is 46.6. The van der Waals surface area contributed by atoms with Gasteiger partial charge in [0.2, 0.25) is 0 Å². The molecule has 268 valence electrons. The van der Waals surface area contributed by atoms with Crippen molar-refractivity contribution in [3.8, 4) is 0 Å². The number of hydrogen-bond acceptors (Lipinski definition) is 9. The van der Waals surface area contributed by atoms with E-state index in [0.29, 0.717) is 37.7 Å². The number of hydrogen-bond donors (Lipinski definition) is 3. The Balaban J connectivity index is 2.29. The fourth-order valence-electron chi connectivity index (χ4n) is 5.87. The Morgan fingerprint density at radius 2 is 1.71 bits per heavy atom. The van der Waals surface area contributed by atoms with E-state index >= 15 is 0 Å². The van der Waals surface area contributed by atoms with Crippen LogP contribution in [-0.4, -0.2) is 76.0 Å². The maximum atomic E-state index is 12.9. The minimum absolute atomic E-state index is 0.173. The molecule has 3 N–H and O–H groups in total. The molecule has 0 aliphatic carbocycles. The largest absolute Gasteiger partial charge is 0.481 e. The lowest BCUT2D eigenvalue weighted by Crippen LogP contribution is -2.59. The molecule has 0 unspecified atom stereocenters. The predicted molar refractivity (Wildman–Crippen MR) is 180 cm³/mol. The van der Waals surface area contributed by atoms with Crippen molar-refractivity contribution >= 4 is 23.9 Å². The van der Waals surface area contributed by atoms with Crippen molar-refractivity contribution in [3.05, 3.63) is 59.8 Å². The Morgan fingerprint density at radius 3 is 2.35 bits per heavy atom. The van der Waals surface area contributed by atoms with E-state index in [2.05, 4.69) is 17.7 Å². The van der Waals surface area contributed by atoms with Gasteiger partial charge in [0.1, 0.15) is 11.7 Å². The van der Waals surface area contributed by atoms with Crippen LogP contribution in [0.15, 0.2) is 59.8 Å². The number of carboxylic acids is 2. The highest BCUT2D eigenvalue weighted by Gasteiger charge is 2.54. The third-order valence-electron chi connectivity index (χ3n) is 8.97. The van der Waals surface area contributed by atoms with E-state index in [1.54, 1.807) is 38.2 Å². The number of carbonyl (C=O) groups is 4. The minimum atomic E-state index is -1.09. The van der Waals surface area contributed by atoms with Gasteiger partial charge in [0, 0.05) is 30.9 Å². The molecular weight excluding hydrogens is 620 g/mol. The number of unbranched alkanes of at least 4 members (excludes halogenated alkanes) is 1. The molecule has 2 heterocycles. The zero-order valence-corrected chi connectivity index (χ0v) is 29.2. The van der Waals surface area contributed by atoms with Crippen LogP contribution < -0.4 is 0 Å². The highest BCUT2D eigenvalue weighted by atomic mass is 16.7. The second-order valence-electron chi connectivity index (χ2n) is 13.0.